The molecule has 3 heteroatoms. The Balaban J connectivity index is 2.55. The number of phenolic OH excluding ortho intramolecular Hbond substituents is 1. The third kappa shape index (κ3) is 1.24. The lowest BCUT2D eigenvalue weighted by Crippen LogP contribution is -2.07. The molecule has 0 radical (unpaired) electrons. The van der Waals surface area contributed by atoms with Gasteiger partial charge in [-0.25, -0.2) is 0 Å². The number of aliphatic hydroxyl groups is 1. The molecule has 1 aliphatic rings. The van der Waals surface area contributed by atoms with Gasteiger partial charge in [0.05, 0.1) is 12.7 Å². The molecule has 0 heterocycles. The Morgan fingerprint density at radius 2 is 2.00 bits per heavy atom. The molecule has 0 amide bonds. The molecule has 3 nitrogen and oxygen atoms in total. The molecular formula is C11H14O3. The summed E-state index contributed by atoms with van der Waals surface area (Å²) in [5.74, 6) is 0.537. The van der Waals surface area contributed by atoms with E-state index in [1.54, 1.807) is 13.0 Å². The van der Waals surface area contributed by atoms with Crippen LogP contribution in [0.4, 0.5) is 0 Å². The van der Waals surface area contributed by atoms with Crippen molar-refractivity contribution in [2.75, 3.05) is 7.11 Å². The van der Waals surface area contributed by atoms with E-state index in [-0.39, 0.29) is 5.75 Å². The molecule has 1 aromatic carbocycles. The Kier molecular flexibility index (Phi) is 1.93. The number of benzene rings is 1. The van der Waals surface area contributed by atoms with Crippen LogP contribution in [0.5, 0.6) is 11.5 Å². The highest BCUT2D eigenvalue weighted by Gasteiger charge is 2.44. The largest absolute Gasteiger partial charge is 0.504 e. The Morgan fingerprint density at radius 1 is 1.36 bits per heavy atom. The van der Waals surface area contributed by atoms with E-state index in [1.807, 2.05) is 6.07 Å². The van der Waals surface area contributed by atoms with E-state index in [1.165, 1.54) is 7.11 Å². The van der Waals surface area contributed by atoms with Crippen molar-refractivity contribution < 1.29 is 14.9 Å². The number of aromatic hydroxyl groups is 1. The topological polar surface area (TPSA) is 49.7 Å². The van der Waals surface area contributed by atoms with Crippen molar-refractivity contribution in [2.24, 2.45) is 0 Å². The fourth-order valence-corrected chi connectivity index (χ4v) is 1.63. The second-order valence-electron chi connectivity index (χ2n) is 3.84. The van der Waals surface area contributed by atoms with E-state index in [0.717, 1.165) is 18.4 Å². The molecule has 0 spiro atoms. The summed E-state index contributed by atoms with van der Waals surface area (Å²) in [5.41, 5.74) is 0.689. The predicted molar refractivity (Wildman–Crippen MR) is 52.5 cm³/mol. The van der Waals surface area contributed by atoms with Crippen LogP contribution in [0.25, 0.3) is 0 Å². The molecule has 2 rings (SSSR count). The summed E-state index contributed by atoms with van der Waals surface area (Å²) in [7, 11) is 1.50. The second kappa shape index (κ2) is 2.89. The van der Waals surface area contributed by atoms with E-state index in [9.17, 15) is 10.2 Å². The standard InChI is InChI=1S/C11H14O3/c1-7-3-4-8(11(13)5-6-11)10(14-2)9(7)12/h3-4,12-13H,5-6H2,1-2H3. The van der Waals surface area contributed by atoms with Gasteiger partial charge in [0.15, 0.2) is 11.5 Å². The third-order valence-corrected chi connectivity index (χ3v) is 2.76. The van der Waals surface area contributed by atoms with Crippen molar-refractivity contribution in [3.63, 3.8) is 0 Å². The zero-order valence-electron chi connectivity index (χ0n) is 8.37. The number of methoxy groups -OCH3 is 1. The number of hydrogen-bond donors (Lipinski definition) is 2. The average Bonchev–Trinajstić information content (AvgIpc) is 2.89. The number of aryl methyl sites for hydroxylation is 1. The van der Waals surface area contributed by atoms with Gasteiger partial charge in [-0.3, -0.25) is 0 Å². The van der Waals surface area contributed by atoms with Gasteiger partial charge in [-0.15, -0.1) is 0 Å². The zero-order valence-corrected chi connectivity index (χ0v) is 8.37. The van der Waals surface area contributed by atoms with Crippen LogP contribution in [0.2, 0.25) is 0 Å². The Bertz CT molecular complexity index is 367. The van der Waals surface area contributed by atoms with E-state index >= 15 is 0 Å². The first-order valence-electron chi connectivity index (χ1n) is 4.68. The number of rotatable bonds is 2. The summed E-state index contributed by atoms with van der Waals surface area (Å²) >= 11 is 0. The summed E-state index contributed by atoms with van der Waals surface area (Å²) in [6.07, 6.45) is 1.48. The van der Waals surface area contributed by atoms with Gasteiger partial charge in [-0.1, -0.05) is 12.1 Å². The van der Waals surface area contributed by atoms with E-state index in [0.29, 0.717) is 11.3 Å². The molecule has 1 fully saturated rings. The molecule has 14 heavy (non-hydrogen) atoms. The first kappa shape index (κ1) is 9.34. The van der Waals surface area contributed by atoms with Gasteiger partial charge in [0, 0.05) is 5.56 Å². The second-order valence-corrected chi connectivity index (χ2v) is 3.84. The summed E-state index contributed by atoms with van der Waals surface area (Å²) in [6.45, 7) is 1.80. The van der Waals surface area contributed by atoms with Crippen molar-refractivity contribution in [1.29, 1.82) is 0 Å². The van der Waals surface area contributed by atoms with E-state index in [4.69, 9.17) is 4.74 Å². The van der Waals surface area contributed by atoms with Crippen molar-refractivity contribution in [3.8, 4) is 11.5 Å². The van der Waals surface area contributed by atoms with Crippen LogP contribution in [-0.4, -0.2) is 17.3 Å². The maximum atomic E-state index is 9.94. The lowest BCUT2D eigenvalue weighted by molar-refractivity contribution is 0.146. The van der Waals surface area contributed by atoms with Crippen molar-refractivity contribution >= 4 is 0 Å². The molecule has 76 valence electrons. The van der Waals surface area contributed by atoms with Crippen LogP contribution >= 0.6 is 0 Å². The molecule has 0 aliphatic heterocycles. The summed E-state index contributed by atoms with van der Waals surface area (Å²) in [6, 6.07) is 3.62. The van der Waals surface area contributed by atoms with Crippen LogP contribution in [0.3, 0.4) is 0 Å². The zero-order chi connectivity index (χ0) is 10.3. The fourth-order valence-electron chi connectivity index (χ4n) is 1.63. The maximum Gasteiger partial charge on any atom is 0.166 e. The molecule has 2 N–H and O–H groups in total. The predicted octanol–water partition coefficient (Wildman–Crippen LogP) is 1.69. The highest BCUT2D eigenvalue weighted by Crippen LogP contribution is 2.51. The van der Waals surface area contributed by atoms with Crippen LogP contribution in [0.15, 0.2) is 12.1 Å². The molecule has 1 aliphatic carbocycles. The quantitative estimate of drug-likeness (QED) is 0.753. The monoisotopic (exact) mass is 194 g/mol. The van der Waals surface area contributed by atoms with Crippen LogP contribution in [-0.2, 0) is 5.60 Å². The molecule has 0 aromatic heterocycles. The highest BCUT2D eigenvalue weighted by molar-refractivity contribution is 5.53. The van der Waals surface area contributed by atoms with Crippen LogP contribution in [0.1, 0.15) is 24.0 Å². The lowest BCUT2D eigenvalue weighted by atomic mass is 10.0. The van der Waals surface area contributed by atoms with Gasteiger partial charge in [-0.2, -0.15) is 0 Å². The lowest BCUT2D eigenvalue weighted by Gasteiger charge is -2.15. The minimum absolute atomic E-state index is 0.130. The van der Waals surface area contributed by atoms with Crippen molar-refractivity contribution in [2.45, 2.75) is 25.4 Å². The molecular weight excluding hydrogens is 180 g/mol. The SMILES string of the molecule is COc1c(C2(O)CC2)ccc(C)c1O. The van der Waals surface area contributed by atoms with Crippen molar-refractivity contribution in [1.82, 2.24) is 0 Å². The van der Waals surface area contributed by atoms with Gasteiger partial charge in [0.1, 0.15) is 0 Å². The highest BCUT2D eigenvalue weighted by atomic mass is 16.5. The van der Waals surface area contributed by atoms with Gasteiger partial charge >= 0.3 is 0 Å². The summed E-state index contributed by atoms with van der Waals surface area (Å²) < 4.78 is 5.11. The Hall–Kier alpha value is -1.22. The molecule has 0 bridgehead atoms. The summed E-state index contributed by atoms with van der Waals surface area (Å²) in [4.78, 5) is 0. The Labute approximate surface area is 83.0 Å². The Morgan fingerprint density at radius 3 is 2.50 bits per heavy atom. The first-order chi connectivity index (χ1) is 6.58. The van der Waals surface area contributed by atoms with E-state index in [2.05, 4.69) is 0 Å². The number of hydrogen-bond acceptors (Lipinski definition) is 3. The molecule has 0 atom stereocenters. The molecule has 1 saturated carbocycles. The van der Waals surface area contributed by atoms with Gasteiger partial charge in [0.25, 0.3) is 0 Å². The fraction of sp³-hybridized carbons (Fsp3) is 0.455. The maximum absolute atomic E-state index is 9.94. The number of ether oxygens (including phenoxy) is 1. The normalized spacial score (nSPS) is 17.9. The first-order valence-corrected chi connectivity index (χ1v) is 4.68. The molecule has 0 unspecified atom stereocenters. The smallest absolute Gasteiger partial charge is 0.166 e. The molecule has 0 saturated heterocycles. The number of phenols is 1. The van der Waals surface area contributed by atoms with Crippen LogP contribution < -0.4 is 4.74 Å². The average molecular weight is 194 g/mol. The summed E-state index contributed by atoms with van der Waals surface area (Å²) in [5, 5.41) is 19.7. The molecule has 1 aromatic rings. The van der Waals surface area contributed by atoms with Crippen LogP contribution in [0, 0.1) is 6.92 Å². The minimum atomic E-state index is -0.767. The van der Waals surface area contributed by atoms with Crippen molar-refractivity contribution in [3.05, 3.63) is 23.3 Å². The minimum Gasteiger partial charge on any atom is -0.504 e. The van der Waals surface area contributed by atoms with Gasteiger partial charge in [-0.05, 0) is 25.3 Å². The van der Waals surface area contributed by atoms with E-state index < -0.39 is 5.60 Å². The van der Waals surface area contributed by atoms with Gasteiger partial charge in [0.2, 0.25) is 0 Å². The third-order valence-electron chi connectivity index (χ3n) is 2.76. The van der Waals surface area contributed by atoms with Gasteiger partial charge < -0.3 is 14.9 Å².